The van der Waals surface area contributed by atoms with E-state index in [0.717, 1.165) is 36.7 Å². The molecule has 1 aromatic rings. The molecule has 1 aliphatic rings. The first-order valence-corrected chi connectivity index (χ1v) is 8.02. The lowest BCUT2D eigenvalue weighted by Gasteiger charge is -2.23. The Labute approximate surface area is 156 Å². The average Bonchev–Trinajstić information content (AvgIpc) is 2.50. The van der Waals surface area contributed by atoms with Crippen molar-refractivity contribution in [1.82, 2.24) is 5.32 Å². The molecule has 1 fully saturated rings. The molecule has 0 heterocycles. The fourth-order valence-electron chi connectivity index (χ4n) is 2.26. The van der Waals surface area contributed by atoms with Crippen molar-refractivity contribution in [3.63, 3.8) is 0 Å². The van der Waals surface area contributed by atoms with Crippen molar-refractivity contribution in [2.45, 2.75) is 32.3 Å². The SMILES string of the molecule is COc1ccc(COCCCNC(N)=NCC2CCC2)cc1.I. The zero-order valence-electron chi connectivity index (χ0n) is 13.8. The molecule has 130 valence electrons. The maximum Gasteiger partial charge on any atom is 0.188 e. The van der Waals surface area contributed by atoms with Crippen LogP contribution in [-0.2, 0) is 11.3 Å². The summed E-state index contributed by atoms with van der Waals surface area (Å²) in [4.78, 5) is 4.36. The van der Waals surface area contributed by atoms with Crippen molar-refractivity contribution in [3.8, 4) is 5.75 Å². The average molecular weight is 433 g/mol. The monoisotopic (exact) mass is 433 g/mol. The molecule has 0 aliphatic heterocycles. The molecule has 1 aliphatic carbocycles. The highest BCUT2D eigenvalue weighted by molar-refractivity contribution is 14.0. The number of aliphatic imine (C=N–C) groups is 1. The molecule has 0 bridgehead atoms. The van der Waals surface area contributed by atoms with Crippen molar-refractivity contribution in [2.24, 2.45) is 16.6 Å². The molecular weight excluding hydrogens is 405 g/mol. The smallest absolute Gasteiger partial charge is 0.188 e. The third kappa shape index (κ3) is 7.87. The van der Waals surface area contributed by atoms with Gasteiger partial charge in [-0.3, -0.25) is 4.99 Å². The van der Waals surface area contributed by atoms with Gasteiger partial charge in [0, 0.05) is 19.7 Å². The van der Waals surface area contributed by atoms with E-state index in [-0.39, 0.29) is 24.0 Å². The number of guanidine groups is 1. The first-order chi connectivity index (χ1) is 10.8. The molecule has 5 nitrogen and oxygen atoms in total. The number of nitrogens with zero attached hydrogens (tertiary/aromatic N) is 1. The molecule has 0 amide bonds. The summed E-state index contributed by atoms with van der Waals surface area (Å²) in [6, 6.07) is 7.92. The lowest BCUT2D eigenvalue weighted by Crippen LogP contribution is -2.33. The minimum absolute atomic E-state index is 0. The highest BCUT2D eigenvalue weighted by Crippen LogP contribution is 2.26. The first kappa shape index (κ1) is 20.0. The maximum atomic E-state index is 5.82. The summed E-state index contributed by atoms with van der Waals surface area (Å²) in [5, 5.41) is 3.13. The van der Waals surface area contributed by atoms with Crippen LogP contribution in [0.1, 0.15) is 31.2 Å². The Kier molecular flexibility index (Phi) is 10.0. The molecule has 1 saturated carbocycles. The van der Waals surface area contributed by atoms with Gasteiger partial charge in [0.1, 0.15) is 5.75 Å². The van der Waals surface area contributed by atoms with Crippen molar-refractivity contribution in [2.75, 3.05) is 26.8 Å². The standard InChI is InChI=1S/C17H27N3O2.HI/c1-21-16-8-6-15(7-9-16)13-22-11-3-10-19-17(18)20-12-14-4-2-5-14;/h6-9,14H,2-5,10-13H2,1H3,(H3,18,19,20);1H. The molecule has 0 spiro atoms. The molecule has 23 heavy (non-hydrogen) atoms. The quantitative estimate of drug-likeness (QED) is 0.272. The lowest BCUT2D eigenvalue weighted by atomic mass is 9.86. The van der Waals surface area contributed by atoms with E-state index in [1.165, 1.54) is 19.3 Å². The number of ether oxygens (including phenoxy) is 2. The summed E-state index contributed by atoms with van der Waals surface area (Å²) in [7, 11) is 1.67. The predicted molar refractivity (Wildman–Crippen MR) is 105 cm³/mol. The predicted octanol–water partition coefficient (Wildman–Crippen LogP) is 2.92. The Morgan fingerprint density at radius 1 is 1.30 bits per heavy atom. The number of halogens is 1. The van der Waals surface area contributed by atoms with Crippen LogP contribution in [-0.4, -0.2) is 32.8 Å². The molecule has 0 aromatic heterocycles. The minimum atomic E-state index is 0. The van der Waals surface area contributed by atoms with Crippen molar-refractivity contribution >= 4 is 29.9 Å². The van der Waals surface area contributed by atoms with Crippen LogP contribution in [0.2, 0.25) is 0 Å². The van der Waals surface area contributed by atoms with Gasteiger partial charge in [0.15, 0.2) is 5.96 Å². The zero-order valence-corrected chi connectivity index (χ0v) is 16.1. The Bertz CT molecular complexity index is 461. The van der Waals surface area contributed by atoms with E-state index >= 15 is 0 Å². The molecule has 6 heteroatoms. The van der Waals surface area contributed by atoms with Gasteiger partial charge in [-0.15, -0.1) is 24.0 Å². The van der Waals surface area contributed by atoms with E-state index in [2.05, 4.69) is 10.3 Å². The van der Waals surface area contributed by atoms with Crippen molar-refractivity contribution < 1.29 is 9.47 Å². The molecule has 3 N–H and O–H groups in total. The summed E-state index contributed by atoms with van der Waals surface area (Å²) in [5.74, 6) is 2.18. The van der Waals surface area contributed by atoms with Crippen LogP contribution in [0.4, 0.5) is 0 Å². The highest BCUT2D eigenvalue weighted by atomic mass is 127. The van der Waals surface area contributed by atoms with Crippen LogP contribution >= 0.6 is 24.0 Å². The second kappa shape index (κ2) is 11.5. The summed E-state index contributed by atoms with van der Waals surface area (Å²) >= 11 is 0. The fraction of sp³-hybridized carbons (Fsp3) is 0.588. The Morgan fingerprint density at radius 2 is 2.04 bits per heavy atom. The van der Waals surface area contributed by atoms with E-state index in [0.29, 0.717) is 19.2 Å². The van der Waals surface area contributed by atoms with E-state index in [1.54, 1.807) is 7.11 Å². The topological polar surface area (TPSA) is 68.9 Å². The van der Waals surface area contributed by atoms with E-state index in [1.807, 2.05) is 24.3 Å². The number of nitrogens with one attached hydrogen (secondary N) is 1. The number of rotatable bonds is 9. The van der Waals surface area contributed by atoms with Gasteiger partial charge < -0.3 is 20.5 Å². The van der Waals surface area contributed by atoms with Gasteiger partial charge in [0.25, 0.3) is 0 Å². The van der Waals surface area contributed by atoms with Gasteiger partial charge in [0.2, 0.25) is 0 Å². The largest absolute Gasteiger partial charge is 0.497 e. The number of benzene rings is 1. The lowest BCUT2D eigenvalue weighted by molar-refractivity contribution is 0.119. The van der Waals surface area contributed by atoms with E-state index in [9.17, 15) is 0 Å². The summed E-state index contributed by atoms with van der Waals surface area (Å²) < 4.78 is 10.8. The number of methoxy groups -OCH3 is 1. The first-order valence-electron chi connectivity index (χ1n) is 8.02. The number of nitrogens with two attached hydrogens (primary N) is 1. The summed E-state index contributed by atoms with van der Waals surface area (Å²) in [6.45, 7) is 2.99. The van der Waals surface area contributed by atoms with E-state index < -0.39 is 0 Å². The van der Waals surface area contributed by atoms with Gasteiger partial charge in [0.05, 0.1) is 13.7 Å². The van der Waals surface area contributed by atoms with Crippen LogP contribution in [0.5, 0.6) is 5.75 Å². The summed E-state index contributed by atoms with van der Waals surface area (Å²) in [6.07, 6.45) is 4.86. The molecule has 0 unspecified atom stereocenters. The molecule has 0 saturated heterocycles. The van der Waals surface area contributed by atoms with Crippen LogP contribution in [0.25, 0.3) is 0 Å². The third-order valence-corrected chi connectivity index (χ3v) is 3.94. The zero-order chi connectivity index (χ0) is 15.6. The van der Waals surface area contributed by atoms with Crippen molar-refractivity contribution in [3.05, 3.63) is 29.8 Å². The molecular formula is C17H28IN3O2. The van der Waals surface area contributed by atoms with Crippen LogP contribution in [0.3, 0.4) is 0 Å². The molecule has 0 atom stereocenters. The number of hydrogen-bond acceptors (Lipinski definition) is 3. The summed E-state index contributed by atoms with van der Waals surface area (Å²) in [5.41, 5.74) is 6.97. The van der Waals surface area contributed by atoms with Crippen LogP contribution in [0, 0.1) is 5.92 Å². The fourth-order valence-corrected chi connectivity index (χ4v) is 2.26. The molecule has 1 aromatic carbocycles. The minimum Gasteiger partial charge on any atom is -0.497 e. The molecule has 0 radical (unpaired) electrons. The molecule has 2 rings (SSSR count). The van der Waals surface area contributed by atoms with Gasteiger partial charge in [-0.2, -0.15) is 0 Å². The second-order valence-corrected chi connectivity index (χ2v) is 5.70. The number of hydrogen-bond donors (Lipinski definition) is 2. The second-order valence-electron chi connectivity index (χ2n) is 5.70. The van der Waals surface area contributed by atoms with Crippen molar-refractivity contribution in [1.29, 1.82) is 0 Å². The Hall–Kier alpha value is -1.02. The van der Waals surface area contributed by atoms with Gasteiger partial charge in [-0.1, -0.05) is 18.6 Å². The highest BCUT2D eigenvalue weighted by Gasteiger charge is 2.16. The van der Waals surface area contributed by atoms with Gasteiger partial charge >= 0.3 is 0 Å². The van der Waals surface area contributed by atoms with E-state index in [4.69, 9.17) is 15.2 Å². The Morgan fingerprint density at radius 3 is 2.65 bits per heavy atom. The normalized spacial score (nSPS) is 14.7. The van der Waals surface area contributed by atoms with Gasteiger partial charge in [-0.25, -0.2) is 0 Å². The Balaban J connectivity index is 0.00000264. The maximum absolute atomic E-state index is 5.82. The van der Waals surface area contributed by atoms with Gasteiger partial charge in [-0.05, 0) is 42.9 Å². The van der Waals surface area contributed by atoms with Crippen LogP contribution < -0.4 is 15.8 Å². The van der Waals surface area contributed by atoms with Crippen LogP contribution in [0.15, 0.2) is 29.3 Å². The third-order valence-electron chi connectivity index (χ3n) is 3.94.